The molecule has 0 bridgehead atoms. The Morgan fingerprint density at radius 2 is 0.812 bits per heavy atom. The van der Waals surface area contributed by atoms with Crippen LogP contribution >= 0.6 is 7.82 Å². The predicted molar refractivity (Wildman–Crippen MR) is 131 cm³/mol. The molecular weight excluding hydrogens is 478 g/mol. The Balaban J connectivity index is -0.00000131. The smallest absolute Gasteiger partial charge is 1.00 e. The van der Waals surface area contributed by atoms with E-state index in [0.717, 1.165) is 38.5 Å². The van der Waals surface area contributed by atoms with Gasteiger partial charge in [-0.15, -0.1) is 0 Å². The number of hydrogen-bond acceptors (Lipinski definition) is 4. The SMILES string of the molecule is CCCCC(CC)COP(=O)(OCC(CC)CCCC)OCC(CC)CCCC.[Cl-].[Cl-].[Mg+2]. The number of unbranched alkanes of at least 4 members (excludes halogenated alkanes) is 3. The second-order valence-corrected chi connectivity index (χ2v) is 10.3. The molecule has 0 rings (SSSR count). The van der Waals surface area contributed by atoms with Crippen LogP contribution in [0.4, 0.5) is 0 Å². The average molecular weight is 530 g/mol. The molecule has 4 nitrogen and oxygen atoms in total. The van der Waals surface area contributed by atoms with Crippen molar-refractivity contribution in [2.75, 3.05) is 19.8 Å². The first-order chi connectivity index (χ1) is 14.0. The van der Waals surface area contributed by atoms with Crippen LogP contribution in [0.15, 0.2) is 0 Å². The van der Waals surface area contributed by atoms with Gasteiger partial charge in [0.2, 0.25) is 0 Å². The molecule has 3 unspecified atom stereocenters. The fourth-order valence-corrected chi connectivity index (χ4v) is 4.80. The number of hydrogen-bond donors (Lipinski definition) is 0. The topological polar surface area (TPSA) is 44.8 Å². The monoisotopic (exact) mass is 528 g/mol. The van der Waals surface area contributed by atoms with Crippen LogP contribution < -0.4 is 24.8 Å². The van der Waals surface area contributed by atoms with Gasteiger partial charge < -0.3 is 24.8 Å². The van der Waals surface area contributed by atoms with Gasteiger partial charge in [-0.2, -0.15) is 0 Å². The van der Waals surface area contributed by atoms with Gasteiger partial charge in [0.25, 0.3) is 0 Å². The molecule has 0 radical (unpaired) electrons. The van der Waals surface area contributed by atoms with Gasteiger partial charge in [-0.3, -0.25) is 13.6 Å². The van der Waals surface area contributed by atoms with Gasteiger partial charge in [-0.1, -0.05) is 99.3 Å². The largest absolute Gasteiger partial charge is 2.00 e. The number of phosphoric ester groups is 1. The third-order valence-corrected chi connectivity index (χ3v) is 7.43. The van der Waals surface area contributed by atoms with E-state index in [1.54, 1.807) is 0 Å². The Kier molecular flexibility index (Phi) is 34.3. The van der Waals surface area contributed by atoms with Crippen LogP contribution in [0, 0.1) is 17.8 Å². The van der Waals surface area contributed by atoms with E-state index in [4.69, 9.17) is 13.6 Å². The second-order valence-electron chi connectivity index (χ2n) is 8.58. The van der Waals surface area contributed by atoms with Crippen molar-refractivity contribution in [3.8, 4) is 0 Å². The summed E-state index contributed by atoms with van der Waals surface area (Å²) in [6.45, 7) is 14.5. The van der Waals surface area contributed by atoms with Crippen LogP contribution in [-0.4, -0.2) is 42.9 Å². The van der Waals surface area contributed by atoms with E-state index in [9.17, 15) is 4.57 Å². The summed E-state index contributed by atoms with van der Waals surface area (Å²) in [7, 11) is -3.52. The quantitative estimate of drug-likeness (QED) is 0.169. The maximum absolute atomic E-state index is 13.4. The van der Waals surface area contributed by atoms with Gasteiger partial charge >= 0.3 is 30.9 Å². The standard InChI is InChI=1S/C24H51O4P.2ClH.Mg/c1-7-13-16-22(10-4)19-26-29(25,27-20-23(11-5)17-14-8-2)28-21-24(12-6)18-15-9-3;;;/h22-24H,7-21H2,1-6H3;2*1H;/q;;;+2/p-2. The summed E-state index contributed by atoms with van der Waals surface area (Å²) in [5, 5.41) is 0. The Bertz CT molecular complexity index is 362. The van der Waals surface area contributed by atoms with Crippen molar-refractivity contribution in [1.82, 2.24) is 0 Å². The molecule has 0 amide bonds. The van der Waals surface area contributed by atoms with Gasteiger partial charge in [-0.25, -0.2) is 4.57 Å². The summed E-state index contributed by atoms with van der Waals surface area (Å²) >= 11 is 0. The third kappa shape index (κ3) is 20.8. The zero-order valence-corrected chi connectivity index (χ0v) is 25.7. The Hall–Kier alpha value is 1.46. The maximum atomic E-state index is 13.4. The first-order valence-corrected chi connectivity index (χ1v) is 14.0. The van der Waals surface area contributed by atoms with Crippen molar-refractivity contribution in [3.63, 3.8) is 0 Å². The van der Waals surface area contributed by atoms with Gasteiger partial charge in [-0.05, 0) is 37.0 Å². The molecule has 8 heteroatoms. The van der Waals surface area contributed by atoms with Crippen LogP contribution in [0.3, 0.4) is 0 Å². The van der Waals surface area contributed by atoms with Gasteiger partial charge in [0, 0.05) is 0 Å². The van der Waals surface area contributed by atoms with Crippen molar-refractivity contribution < 1.29 is 43.0 Å². The van der Waals surface area contributed by atoms with E-state index < -0.39 is 7.82 Å². The molecular formula is C24H51Cl2MgO4P. The molecule has 0 aromatic rings. The molecule has 0 aliphatic carbocycles. The number of rotatable bonds is 21. The molecule has 0 N–H and O–H groups in total. The first-order valence-electron chi connectivity index (χ1n) is 12.5. The second kappa shape index (κ2) is 27.1. The van der Waals surface area contributed by atoms with Crippen molar-refractivity contribution in [3.05, 3.63) is 0 Å². The van der Waals surface area contributed by atoms with E-state index in [0.29, 0.717) is 37.6 Å². The minimum absolute atomic E-state index is 0. The van der Waals surface area contributed by atoms with Crippen LogP contribution in [0.25, 0.3) is 0 Å². The van der Waals surface area contributed by atoms with Gasteiger partial charge in [0.1, 0.15) is 0 Å². The molecule has 0 aromatic heterocycles. The molecule has 0 aromatic carbocycles. The minimum atomic E-state index is -3.52. The van der Waals surface area contributed by atoms with E-state index in [-0.39, 0.29) is 47.9 Å². The fraction of sp³-hybridized carbons (Fsp3) is 1.00. The Morgan fingerprint density at radius 1 is 0.562 bits per heavy atom. The maximum Gasteiger partial charge on any atom is 2.00 e. The summed E-state index contributed by atoms with van der Waals surface area (Å²) in [5.41, 5.74) is 0. The number of phosphoric acid groups is 1. The molecule has 192 valence electrons. The van der Waals surface area contributed by atoms with Gasteiger partial charge in [0.05, 0.1) is 19.8 Å². The summed E-state index contributed by atoms with van der Waals surface area (Å²) in [4.78, 5) is 0. The molecule has 0 heterocycles. The fourth-order valence-electron chi connectivity index (χ4n) is 3.40. The van der Waals surface area contributed by atoms with Crippen LogP contribution in [0.2, 0.25) is 0 Å². The molecule has 3 atom stereocenters. The summed E-state index contributed by atoms with van der Waals surface area (Å²) in [6, 6.07) is 0. The average Bonchev–Trinajstić information content (AvgIpc) is 2.74. The van der Waals surface area contributed by atoms with Crippen LogP contribution in [0.5, 0.6) is 0 Å². The van der Waals surface area contributed by atoms with E-state index >= 15 is 0 Å². The van der Waals surface area contributed by atoms with Crippen LogP contribution in [-0.2, 0) is 18.1 Å². The van der Waals surface area contributed by atoms with E-state index in [1.807, 2.05) is 0 Å². The molecule has 0 saturated heterocycles. The molecule has 0 aliphatic heterocycles. The Morgan fingerprint density at radius 3 is 1.00 bits per heavy atom. The van der Waals surface area contributed by atoms with E-state index in [1.165, 1.54) is 38.5 Å². The van der Waals surface area contributed by atoms with Crippen molar-refractivity contribution in [2.45, 2.75) is 119 Å². The normalized spacial score (nSPS) is 15.4. The zero-order chi connectivity index (χ0) is 22.0. The predicted octanol–water partition coefficient (Wildman–Crippen LogP) is 2.42. The molecule has 0 saturated carbocycles. The molecule has 0 fully saturated rings. The minimum Gasteiger partial charge on any atom is -1.00 e. The van der Waals surface area contributed by atoms with Crippen molar-refractivity contribution >= 4 is 30.9 Å². The Labute approximate surface area is 229 Å². The van der Waals surface area contributed by atoms with Crippen molar-refractivity contribution in [2.24, 2.45) is 17.8 Å². The molecule has 0 aliphatic rings. The van der Waals surface area contributed by atoms with Gasteiger partial charge in [0.15, 0.2) is 0 Å². The zero-order valence-electron chi connectivity index (χ0n) is 21.9. The first kappa shape index (κ1) is 40.6. The van der Waals surface area contributed by atoms with E-state index in [2.05, 4.69) is 41.5 Å². The summed E-state index contributed by atoms with van der Waals surface area (Å²) < 4.78 is 31.1. The number of halogens is 2. The molecule has 32 heavy (non-hydrogen) atoms. The van der Waals surface area contributed by atoms with Crippen molar-refractivity contribution in [1.29, 1.82) is 0 Å². The molecule has 0 spiro atoms. The summed E-state index contributed by atoms with van der Waals surface area (Å²) in [6.07, 6.45) is 13.5. The van der Waals surface area contributed by atoms with Crippen LogP contribution in [0.1, 0.15) is 119 Å². The third-order valence-electron chi connectivity index (χ3n) is 6.03. The summed E-state index contributed by atoms with van der Waals surface area (Å²) in [5.74, 6) is 1.25.